The standard InChI is InChI=1S/C9H12N4O2S/c1-7(2)8-3-12-13(6-8)16(14,15)9-4-10-11-5-9/h3-7H,1-2H3,(H,10,11). The molecule has 1 N–H and O–H groups in total. The predicted molar refractivity (Wildman–Crippen MR) is 57.5 cm³/mol. The normalized spacial score (nSPS) is 12.2. The number of nitrogens with one attached hydrogen (secondary N) is 1. The van der Waals surface area contributed by atoms with Crippen LogP contribution < -0.4 is 0 Å². The zero-order valence-electron chi connectivity index (χ0n) is 8.95. The Balaban J connectivity index is 2.45. The van der Waals surface area contributed by atoms with Gasteiger partial charge in [0.2, 0.25) is 0 Å². The third-order valence-electron chi connectivity index (χ3n) is 2.26. The second-order valence-electron chi connectivity index (χ2n) is 3.74. The van der Waals surface area contributed by atoms with E-state index in [9.17, 15) is 8.42 Å². The lowest BCUT2D eigenvalue weighted by molar-refractivity contribution is 0.580. The molecule has 0 radical (unpaired) electrons. The minimum absolute atomic E-state index is 0.103. The van der Waals surface area contributed by atoms with Crippen LogP contribution >= 0.6 is 0 Å². The van der Waals surface area contributed by atoms with Gasteiger partial charge < -0.3 is 0 Å². The fourth-order valence-electron chi connectivity index (χ4n) is 1.24. The number of hydrogen-bond acceptors (Lipinski definition) is 4. The van der Waals surface area contributed by atoms with Gasteiger partial charge in [0.15, 0.2) is 0 Å². The van der Waals surface area contributed by atoms with E-state index in [0.717, 1.165) is 9.65 Å². The fourth-order valence-corrected chi connectivity index (χ4v) is 2.27. The highest BCUT2D eigenvalue weighted by atomic mass is 32.2. The fraction of sp³-hybridized carbons (Fsp3) is 0.333. The van der Waals surface area contributed by atoms with Crippen LogP contribution in [-0.4, -0.2) is 27.8 Å². The van der Waals surface area contributed by atoms with Crippen LogP contribution in [0, 0.1) is 0 Å². The molecule has 0 aliphatic heterocycles. The summed E-state index contributed by atoms with van der Waals surface area (Å²) in [7, 11) is -3.60. The molecule has 7 heteroatoms. The Bertz CT molecular complexity index is 568. The largest absolute Gasteiger partial charge is 0.286 e. The number of aromatic nitrogens is 4. The first-order valence-electron chi connectivity index (χ1n) is 4.80. The molecular weight excluding hydrogens is 228 g/mol. The third-order valence-corrected chi connectivity index (χ3v) is 3.78. The van der Waals surface area contributed by atoms with E-state index in [-0.39, 0.29) is 10.8 Å². The predicted octanol–water partition coefficient (Wildman–Crippen LogP) is 0.967. The van der Waals surface area contributed by atoms with Crippen molar-refractivity contribution in [3.63, 3.8) is 0 Å². The highest BCUT2D eigenvalue weighted by Gasteiger charge is 2.19. The van der Waals surface area contributed by atoms with Crippen molar-refractivity contribution >= 4 is 10.0 Å². The van der Waals surface area contributed by atoms with E-state index in [4.69, 9.17) is 0 Å². The quantitative estimate of drug-likeness (QED) is 0.866. The average molecular weight is 240 g/mol. The van der Waals surface area contributed by atoms with Crippen LogP contribution in [0.4, 0.5) is 0 Å². The van der Waals surface area contributed by atoms with E-state index in [1.165, 1.54) is 18.6 Å². The molecule has 0 saturated carbocycles. The van der Waals surface area contributed by atoms with Gasteiger partial charge in [-0.1, -0.05) is 13.8 Å². The minimum Gasteiger partial charge on any atom is -0.284 e. The van der Waals surface area contributed by atoms with Crippen molar-refractivity contribution in [1.82, 2.24) is 19.4 Å². The summed E-state index contributed by atoms with van der Waals surface area (Å²) in [6.07, 6.45) is 5.66. The van der Waals surface area contributed by atoms with Crippen molar-refractivity contribution in [3.8, 4) is 0 Å². The van der Waals surface area contributed by atoms with E-state index < -0.39 is 10.0 Å². The molecule has 0 saturated heterocycles. The van der Waals surface area contributed by atoms with Crippen LogP contribution in [-0.2, 0) is 10.0 Å². The molecule has 2 rings (SSSR count). The highest BCUT2D eigenvalue weighted by molar-refractivity contribution is 7.89. The van der Waals surface area contributed by atoms with Gasteiger partial charge in [-0.2, -0.15) is 22.7 Å². The zero-order chi connectivity index (χ0) is 11.8. The molecule has 0 aromatic carbocycles. The molecule has 0 bridgehead atoms. The average Bonchev–Trinajstić information content (AvgIpc) is 2.90. The van der Waals surface area contributed by atoms with Crippen LogP contribution in [0.2, 0.25) is 0 Å². The van der Waals surface area contributed by atoms with Crippen LogP contribution in [0.15, 0.2) is 29.7 Å². The second-order valence-corrected chi connectivity index (χ2v) is 5.54. The van der Waals surface area contributed by atoms with Crippen molar-refractivity contribution in [1.29, 1.82) is 0 Å². The molecule has 86 valence electrons. The Morgan fingerprint density at radius 3 is 2.62 bits per heavy atom. The van der Waals surface area contributed by atoms with Gasteiger partial charge in [-0.15, -0.1) is 0 Å². The molecule has 0 fully saturated rings. The van der Waals surface area contributed by atoms with Crippen molar-refractivity contribution in [2.45, 2.75) is 24.7 Å². The van der Waals surface area contributed by atoms with Crippen molar-refractivity contribution < 1.29 is 8.42 Å². The van der Waals surface area contributed by atoms with Gasteiger partial charge in [0.1, 0.15) is 4.90 Å². The van der Waals surface area contributed by atoms with Gasteiger partial charge in [-0.3, -0.25) is 5.10 Å². The van der Waals surface area contributed by atoms with Crippen molar-refractivity contribution in [2.24, 2.45) is 0 Å². The number of H-pyrrole nitrogens is 1. The molecule has 2 aromatic rings. The summed E-state index contributed by atoms with van der Waals surface area (Å²) >= 11 is 0. The van der Waals surface area contributed by atoms with E-state index >= 15 is 0 Å². The van der Waals surface area contributed by atoms with Crippen LogP contribution in [0.5, 0.6) is 0 Å². The Kier molecular flexibility index (Phi) is 2.55. The van der Waals surface area contributed by atoms with Crippen molar-refractivity contribution in [2.75, 3.05) is 0 Å². The van der Waals surface area contributed by atoms with Gasteiger partial charge in [-0.05, 0) is 11.5 Å². The minimum atomic E-state index is -3.60. The lowest BCUT2D eigenvalue weighted by atomic mass is 10.1. The number of aromatic amines is 1. The lowest BCUT2D eigenvalue weighted by Crippen LogP contribution is -2.12. The van der Waals surface area contributed by atoms with Gasteiger partial charge in [-0.25, -0.2) is 0 Å². The Morgan fingerprint density at radius 1 is 1.38 bits per heavy atom. The number of nitrogens with zero attached hydrogens (tertiary/aromatic N) is 3. The van der Waals surface area contributed by atoms with Gasteiger partial charge in [0, 0.05) is 12.4 Å². The lowest BCUT2D eigenvalue weighted by Gasteiger charge is -2.00. The molecule has 2 aromatic heterocycles. The molecule has 6 nitrogen and oxygen atoms in total. The Labute approximate surface area is 93.3 Å². The number of hydrogen-bond donors (Lipinski definition) is 1. The van der Waals surface area contributed by atoms with Gasteiger partial charge in [0.25, 0.3) is 10.0 Å². The second kappa shape index (κ2) is 3.75. The van der Waals surface area contributed by atoms with Crippen LogP contribution in [0.1, 0.15) is 25.3 Å². The van der Waals surface area contributed by atoms with Gasteiger partial charge in [0.05, 0.1) is 12.4 Å². The molecule has 0 aliphatic rings. The van der Waals surface area contributed by atoms with E-state index in [1.807, 2.05) is 13.8 Å². The molecule has 0 atom stereocenters. The van der Waals surface area contributed by atoms with Crippen LogP contribution in [0.25, 0.3) is 0 Å². The van der Waals surface area contributed by atoms with E-state index in [1.54, 1.807) is 6.20 Å². The molecule has 0 aliphatic carbocycles. The zero-order valence-corrected chi connectivity index (χ0v) is 9.77. The maximum atomic E-state index is 12.0. The first-order chi connectivity index (χ1) is 7.51. The highest BCUT2D eigenvalue weighted by Crippen LogP contribution is 2.16. The Hall–Kier alpha value is -1.63. The smallest absolute Gasteiger partial charge is 0.284 e. The monoisotopic (exact) mass is 240 g/mol. The summed E-state index contributed by atoms with van der Waals surface area (Å²) in [5.74, 6) is 0.244. The van der Waals surface area contributed by atoms with E-state index in [0.29, 0.717) is 0 Å². The summed E-state index contributed by atoms with van der Waals surface area (Å²) in [5.41, 5.74) is 0.882. The molecule has 0 unspecified atom stereocenters. The maximum Gasteiger partial charge on any atom is 0.286 e. The summed E-state index contributed by atoms with van der Waals surface area (Å²) in [5, 5.41) is 9.93. The summed E-state index contributed by atoms with van der Waals surface area (Å²) < 4.78 is 24.9. The first-order valence-corrected chi connectivity index (χ1v) is 6.25. The molecule has 16 heavy (non-hydrogen) atoms. The molecule has 2 heterocycles. The third kappa shape index (κ3) is 1.73. The van der Waals surface area contributed by atoms with E-state index in [2.05, 4.69) is 15.3 Å². The Morgan fingerprint density at radius 2 is 2.12 bits per heavy atom. The summed E-state index contributed by atoms with van der Waals surface area (Å²) in [6, 6.07) is 0. The van der Waals surface area contributed by atoms with Crippen LogP contribution in [0.3, 0.4) is 0 Å². The molecule has 0 amide bonds. The molecule has 0 spiro atoms. The number of rotatable bonds is 3. The molecular formula is C9H12N4O2S. The van der Waals surface area contributed by atoms with Gasteiger partial charge >= 0.3 is 0 Å². The SMILES string of the molecule is CC(C)c1cnn(S(=O)(=O)c2cn[nH]c2)c1. The maximum absolute atomic E-state index is 12.0. The first kappa shape index (κ1) is 10.9. The topological polar surface area (TPSA) is 80.6 Å². The summed E-state index contributed by atoms with van der Waals surface area (Å²) in [6.45, 7) is 3.96. The van der Waals surface area contributed by atoms with Crippen molar-refractivity contribution in [3.05, 3.63) is 30.4 Å². The summed E-state index contributed by atoms with van der Waals surface area (Å²) in [4.78, 5) is 0.103.